The summed E-state index contributed by atoms with van der Waals surface area (Å²) >= 11 is 0. The van der Waals surface area contributed by atoms with Crippen LogP contribution in [0.1, 0.15) is 18.4 Å². The Labute approximate surface area is 171 Å². The Morgan fingerprint density at radius 3 is 2.24 bits per heavy atom. The highest BCUT2D eigenvalue weighted by atomic mass is 16.2. The number of piperidine rings is 1. The Balaban J connectivity index is 1.23. The molecule has 0 saturated carbocycles. The number of carbonyl (C=O) groups excluding carboxylic acids is 1. The van der Waals surface area contributed by atoms with Gasteiger partial charge in [0.15, 0.2) is 0 Å². The summed E-state index contributed by atoms with van der Waals surface area (Å²) in [6.45, 7) is 1.91. The van der Waals surface area contributed by atoms with Crippen molar-refractivity contribution < 1.29 is 4.79 Å². The maximum atomic E-state index is 12.5. The molecule has 5 heteroatoms. The summed E-state index contributed by atoms with van der Waals surface area (Å²) in [5.74, 6) is 1.40. The van der Waals surface area contributed by atoms with Crippen LogP contribution in [0.25, 0.3) is 11.3 Å². The molecule has 2 heterocycles. The average molecular weight is 386 g/mol. The van der Waals surface area contributed by atoms with Crippen molar-refractivity contribution in [3.8, 4) is 11.3 Å². The second kappa shape index (κ2) is 9.32. The second-order valence-electron chi connectivity index (χ2n) is 7.54. The van der Waals surface area contributed by atoms with E-state index in [0.717, 1.165) is 43.6 Å². The Bertz CT molecular complexity index is 905. The van der Waals surface area contributed by atoms with Gasteiger partial charge in [0.25, 0.3) is 0 Å². The molecule has 1 aromatic heterocycles. The fraction of sp³-hybridized carbons (Fsp3) is 0.292. The second-order valence-corrected chi connectivity index (χ2v) is 7.54. The summed E-state index contributed by atoms with van der Waals surface area (Å²) in [4.78, 5) is 14.5. The first-order chi connectivity index (χ1) is 14.3. The first-order valence-electron chi connectivity index (χ1n) is 10.2. The van der Waals surface area contributed by atoms with Crippen molar-refractivity contribution in [1.82, 2.24) is 15.1 Å². The molecular weight excluding hydrogens is 360 g/mol. The quantitative estimate of drug-likeness (QED) is 0.695. The molecular formula is C24H26N4O. The molecule has 2 aromatic carbocycles. The summed E-state index contributed by atoms with van der Waals surface area (Å²) in [6, 6.07) is 24.3. The Morgan fingerprint density at radius 2 is 1.59 bits per heavy atom. The smallest absolute Gasteiger partial charge is 0.241 e. The summed E-state index contributed by atoms with van der Waals surface area (Å²) in [5.41, 5.74) is 3.24. The molecule has 1 aliphatic rings. The number of likely N-dealkylation sites (tertiary alicyclic amines) is 1. The van der Waals surface area contributed by atoms with Gasteiger partial charge in [-0.3, -0.25) is 4.79 Å². The zero-order valence-electron chi connectivity index (χ0n) is 16.5. The zero-order chi connectivity index (χ0) is 19.9. The van der Waals surface area contributed by atoms with E-state index in [4.69, 9.17) is 0 Å². The van der Waals surface area contributed by atoms with E-state index in [1.54, 1.807) is 0 Å². The summed E-state index contributed by atoms with van der Waals surface area (Å²) < 4.78 is 0. The first kappa shape index (κ1) is 19.1. The summed E-state index contributed by atoms with van der Waals surface area (Å²) in [7, 11) is 0. The van der Waals surface area contributed by atoms with E-state index in [1.165, 1.54) is 5.56 Å². The topological polar surface area (TPSA) is 58.1 Å². The van der Waals surface area contributed by atoms with Crippen LogP contribution in [0.5, 0.6) is 0 Å². The van der Waals surface area contributed by atoms with E-state index in [0.29, 0.717) is 11.7 Å². The highest BCUT2D eigenvalue weighted by molar-refractivity contribution is 5.80. The Morgan fingerprint density at radius 1 is 0.897 bits per heavy atom. The molecule has 0 aliphatic carbocycles. The predicted octanol–water partition coefficient (Wildman–Crippen LogP) is 4.04. The van der Waals surface area contributed by atoms with Gasteiger partial charge < -0.3 is 10.2 Å². The van der Waals surface area contributed by atoms with Crippen molar-refractivity contribution >= 4 is 11.7 Å². The molecule has 1 saturated heterocycles. The molecule has 1 fully saturated rings. The maximum absolute atomic E-state index is 12.5. The number of rotatable bonds is 6. The van der Waals surface area contributed by atoms with E-state index in [2.05, 4.69) is 45.8 Å². The number of benzene rings is 2. The van der Waals surface area contributed by atoms with Crippen LogP contribution in [0.3, 0.4) is 0 Å². The van der Waals surface area contributed by atoms with E-state index >= 15 is 0 Å². The number of amides is 1. The van der Waals surface area contributed by atoms with Crippen molar-refractivity contribution in [3.05, 3.63) is 78.4 Å². The number of nitrogens with zero attached hydrogens (tertiary/aromatic N) is 3. The van der Waals surface area contributed by atoms with Crippen molar-refractivity contribution in [1.29, 1.82) is 0 Å². The molecule has 5 nitrogen and oxygen atoms in total. The van der Waals surface area contributed by atoms with Crippen LogP contribution in [-0.2, 0) is 11.2 Å². The van der Waals surface area contributed by atoms with Crippen LogP contribution in [0.2, 0.25) is 0 Å². The zero-order valence-corrected chi connectivity index (χ0v) is 16.5. The third kappa shape index (κ3) is 5.19. The number of carbonyl (C=O) groups is 1. The van der Waals surface area contributed by atoms with Gasteiger partial charge in [-0.05, 0) is 42.9 Å². The van der Waals surface area contributed by atoms with Crippen LogP contribution in [0, 0.1) is 5.92 Å². The fourth-order valence-electron chi connectivity index (χ4n) is 3.80. The van der Waals surface area contributed by atoms with Crippen LogP contribution in [0.15, 0.2) is 72.8 Å². The molecule has 0 radical (unpaired) electrons. The molecule has 0 unspecified atom stereocenters. The minimum Gasteiger partial charge on any atom is -0.360 e. The molecule has 1 aliphatic heterocycles. The summed E-state index contributed by atoms with van der Waals surface area (Å²) in [5, 5.41) is 11.6. The Kier molecular flexibility index (Phi) is 6.15. The van der Waals surface area contributed by atoms with Gasteiger partial charge in [-0.1, -0.05) is 60.7 Å². The molecule has 29 heavy (non-hydrogen) atoms. The molecule has 0 atom stereocenters. The average Bonchev–Trinajstić information content (AvgIpc) is 2.80. The highest BCUT2D eigenvalue weighted by Gasteiger charge is 2.22. The molecule has 0 bridgehead atoms. The number of hydrogen-bond acceptors (Lipinski definition) is 4. The van der Waals surface area contributed by atoms with E-state index in [-0.39, 0.29) is 12.5 Å². The lowest BCUT2D eigenvalue weighted by atomic mass is 9.90. The first-order valence-corrected chi connectivity index (χ1v) is 10.2. The van der Waals surface area contributed by atoms with Crippen molar-refractivity contribution in [2.75, 3.05) is 25.0 Å². The molecule has 1 N–H and O–H groups in total. The van der Waals surface area contributed by atoms with Crippen LogP contribution < -0.4 is 5.32 Å². The van der Waals surface area contributed by atoms with Gasteiger partial charge >= 0.3 is 0 Å². The minimum atomic E-state index is 0.122. The van der Waals surface area contributed by atoms with Gasteiger partial charge in [-0.2, -0.15) is 0 Å². The molecule has 4 rings (SSSR count). The molecule has 148 valence electrons. The van der Waals surface area contributed by atoms with Gasteiger partial charge in [0.05, 0.1) is 12.2 Å². The van der Waals surface area contributed by atoms with E-state index < -0.39 is 0 Å². The fourth-order valence-corrected chi connectivity index (χ4v) is 3.80. The number of nitrogens with one attached hydrogen (secondary N) is 1. The SMILES string of the molecule is O=C(CNc1ccc(-c2ccccc2)nn1)N1CCC(Cc2ccccc2)CC1. The largest absolute Gasteiger partial charge is 0.360 e. The van der Waals surface area contributed by atoms with Gasteiger partial charge in [-0.15, -0.1) is 10.2 Å². The lowest BCUT2D eigenvalue weighted by molar-refractivity contribution is -0.130. The normalized spacial score (nSPS) is 14.6. The van der Waals surface area contributed by atoms with E-state index in [9.17, 15) is 4.79 Å². The lowest BCUT2D eigenvalue weighted by Crippen LogP contribution is -2.41. The molecule has 3 aromatic rings. The van der Waals surface area contributed by atoms with Crippen molar-refractivity contribution in [3.63, 3.8) is 0 Å². The Hall–Kier alpha value is -3.21. The van der Waals surface area contributed by atoms with Crippen LogP contribution in [0.4, 0.5) is 5.82 Å². The minimum absolute atomic E-state index is 0.122. The highest BCUT2D eigenvalue weighted by Crippen LogP contribution is 2.22. The third-order valence-corrected chi connectivity index (χ3v) is 5.49. The van der Waals surface area contributed by atoms with Gasteiger partial charge in [0, 0.05) is 18.7 Å². The number of anilines is 1. The van der Waals surface area contributed by atoms with Crippen molar-refractivity contribution in [2.24, 2.45) is 5.92 Å². The van der Waals surface area contributed by atoms with Gasteiger partial charge in [0.1, 0.15) is 5.82 Å². The van der Waals surface area contributed by atoms with Crippen molar-refractivity contribution in [2.45, 2.75) is 19.3 Å². The monoisotopic (exact) mass is 386 g/mol. The van der Waals surface area contributed by atoms with E-state index in [1.807, 2.05) is 47.4 Å². The third-order valence-electron chi connectivity index (χ3n) is 5.49. The molecule has 0 spiro atoms. The standard InChI is InChI=1S/C24H26N4O/c29-24(28-15-13-20(14-16-28)17-19-7-3-1-4-8-19)18-25-23-12-11-22(26-27-23)21-9-5-2-6-10-21/h1-12,20H,13-18H2,(H,25,27). The lowest BCUT2D eigenvalue weighted by Gasteiger charge is -2.32. The van der Waals surface area contributed by atoms with Gasteiger partial charge in [0.2, 0.25) is 5.91 Å². The number of aromatic nitrogens is 2. The molecule has 1 amide bonds. The van der Waals surface area contributed by atoms with Crippen LogP contribution in [-0.4, -0.2) is 40.6 Å². The van der Waals surface area contributed by atoms with Crippen LogP contribution >= 0.6 is 0 Å². The maximum Gasteiger partial charge on any atom is 0.241 e. The number of hydrogen-bond donors (Lipinski definition) is 1. The predicted molar refractivity (Wildman–Crippen MR) is 115 cm³/mol. The van der Waals surface area contributed by atoms with Gasteiger partial charge in [-0.25, -0.2) is 0 Å². The summed E-state index contributed by atoms with van der Waals surface area (Å²) in [6.07, 6.45) is 3.23.